The molecule has 0 saturated carbocycles. The molecule has 0 bridgehead atoms. The smallest absolute Gasteiger partial charge is 0.407 e. The Morgan fingerprint density at radius 2 is 2.27 bits per heavy atom. The lowest BCUT2D eigenvalue weighted by Gasteiger charge is -2.13. The summed E-state index contributed by atoms with van der Waals surface area (Å²) >= 11 is 0. The number of hydrogen-bond donors (Lipinski definition) is 3. The minimum absolute atomic E-state index is 0.0187. The van der Waals surface area contributed by atoms with Crippen molar-refractivity contribution < 1.29 is 9.90 Å². The number of nitrogen functional groups attached to an aromatic ring is 1. The largest absolute Gasteiger partial charge is 0.465 e. The molecule has 0 aliphatic rings. The van der Waals surface area contributed by atoms with E-state index in [0.29, 0.717) is 5.56 Å². The second kappa shape index (κ2) is 4.45. The number of benzene rings is 1. The molecule has 15 heavy (non-hydrogen) atoms. The fourth-order valence-electron chi connectivity index (χ4n) is 1.18. The summed E-state index contributed by atoms with van der Waals surface area (Å²) in [5.41, 5.74) is 6.74. The molecule has 1 amide bonds. The number of nitrogens with two attached hydrogens (primary N) is 1. The Bertz CT molecular complexity index is 390. The van der Waals surface area contributed by atoms with Crippen LogP contribution in [0, 0.1) is 5.41 Å². The van der Waals surface area contributed by atoms with Gasteiger partial charge in [0.25, 0.3) is 0 Å². The number of rotatable bonds is 3. The molecule has 1 aromatic carbocycles. The zero-order valence-electron chi connectivity index (χ0n) is 8.40. The second-order valence-corrected chi connectivity index (χ2v) is 3.25. The van der Waals surface area contributed by atoms with Crippen molar-refractivity contribution in [1.82, 2.24) is 4.90 Å². The van der Waals surface area contributed by atoms with Gasteiger partial charge in [0.05, 0.1) is 0 Å². The molecule has 0 aliphatic heterocycles. The van der Waals surface area contributed by atoms with E-state index in [1.54, 1.807) is 24.3 Å². The SMILES string of the molecule is CN(Cc1cccc(C(=N)N)c1)C(=O)O. The van der Waals surface area contributed by atoms with Crippen LogP contribution in [0.4, 0.5) is 4.79 Å². The molecule has 0 aromatic heterocycles. The standard InChI is InChI=1S/C10H13N3O2/c1-13(10(14)15)6-7-3-2-4-8(5-7)9(11)12/h2-5H,6H2,1H3,(H3,11,12)(H,14,15). The number of nitrogens with one attached hydrogen (secondary N) is 1. The van der Waals surface area contributed by atoms with Gasteiger partial charge in [0.15, 0.2) is 0 Å². The summed E-state index contributed by atoms with van der Waals surface area (Å²) in [5, 5.41) is 15.9. The minimum atomic E-state index is -0.983. The van der Waals surface area contributed by atoms with Gasteiger partial charge < -0.3 is 15.7 Å². The first kappa shape index (κ1) is 11.0. The zero-order chi connectivity index (χ0) is 11.4. The summed E-state index contributed by atoms with van der Waals surface area (Å²) in [7, 11) is 1.49. The topological polar surface area (TPSA) is 90.4 Å². The number of hydrogen-bond acceptors (Lipinski definition) is 2. The van der Waals surface area contributed by atoms with Crippen LogP contribution in [0.15, 0.2) is 24.3 Å². The maximum absolute atomic E-state index is 10.6. The Morgan fingerprint density at radius 3 is 2.80 bits per heavy atom. The number of amides is 1. The zero-order valence-corrected chi connectivity index (χ0v) is 8.40. The third kappa shape index (κ3) is 2.98. The molecule has 1 rings (SSSR count). The van der Waals surface area contributed by atoms with Crippen molar-refractivity contribution >= 4 is 11.9 Å². The van der Waals surface area contributed by atoms with Crippen LogP contribution in [0.1, 0.15) is 11.1 Å². The van der Waals surface area contributed by atoms with E-state index < -0.39 is 6.09 Å². The number of carbonyl (C=O) groups is 1. The number of carboxylic acid groups (broad SMARTS) is 1. The van der Waals surface area contributed by atoms with E-state index in [1.165, 1.54) is 11.9 Å². The van der Waals surface area contributed by atoms with Crippen LogP contribution in [0.5, 0.6) is 0 Å². The summed E-state index contributed by atoms with van der Waals surface area (Å²) in [6.07, 6.45) is -0.983. The number of nitrogens with zero attached hydrogens (tertiary/aromatic N) is 1. The third-order valence-corrected chi connectivity index (χ3v) is 1.98. The van der Waals surface area contributed by atoms with Crippen molar-refractivity contribution in [2.24, 2.45) is 5.73 Å². The average molecular weight is 207 g/mol. The molecule has 5 nitrogen and oxygen atoms in total. The molecule has 0 aliphatic carbocycles. The van der Waals surface area contributed by atoms with Crippen LogP contribution in [-0.4, -0.2) is 29.0 Å². The Hall–Kier alpha value is -2.04. The van der Waals surface area contributed by atoms with Gasteiger partial charge >= 0.3 is 6.09 Å². The monoisotopic (exact) mass is 207 g/mol. The maximum atomic E-state index is 10.6. The maximum Gasteiger partial charge on any atom is 0.407 e. The molecule has 0 heterocycles. The predicted molar refractivity (Wildman–Crippen MR) is 56.9 cm³/mol. The highest BCUT2D eigenvalue weighted by Crippen LogP contribution is 2.07. The Kier molecular flexibility index (Phi) is 3.28. The van der Waals surface area contributed by atoms with Gasteiger partial charge in [0, 0.05) is 19.2 Å². The predicted octanol–water partition coefficient (Wildman–Crippen LogP) is 1.08. The Balaban J connectivity index is 2.82. The fraction of sp³-hybridized carbons (Fsp3) is 0.200. The van der Waals surface area contributed by atoms with E-state index >= 15 is 0 Å². The first-order chi connectivity index (χ1) is 7.00. The van der Waals surface area contributed by atoms with E-state index in [1.807, 2.05) is 0 Å². The minimum Gasteiger partial charge on any atom is -0.465 e. The summed E-state index contributed by atoms with van der Waals surface area (Å²) < 4.78 is 0. The lowest BCUT2D eigenvalue weighted by molar-refractivity contribution is 0.154. The van der Waals surface area contributed by atoms with E-state index in [4.69, 9.17) is 16.2 Å². The van der Waals surface area contributed by atoms with Gasteiger partial charge in [0.1, 0.15) is 5.84 Å². The molecule has 80 valence electrons. The van der Waals surface area contributed by atoms with Crippen molar-refractivity contribution in [3.63, 3.8) is 0 Å². The molecule has 1 aromatic rings. The normalized spacial score (nSPS) is 9.67. The second-order valence-electron chi connectivity index (χ2n) is 3.25. The van der Waals surface area contributed by atoms with Crippen molar-refractivity contribution in [3.05, 3.63) is 35.4 Å². The molecule has 0 saturated heterocycles. The van der Waals surface area contributed by atoms with Crippen LogP contribution >= 0.6 is 0 Å². The molecule has 0 fully saturated rings. The molecule has 0 radical (unpaired) electrons. The highest BCUT2D eigenvalue weighted by atomic mass is 16.4. The van der Waals surface area contributed by atoms with Crippen molar-refractivity contribution in [3.8, 4) is 0 Å². The third-order valence-electron chi connectivity index (χ3n) is 1.98. The van der Waals surface area contributed by atoms with Gasteiger partial charge in [-0.1, -0.05) is 18.2 Å². The molecule has 0 atom stereocenters. The van der Waals surface area contributed by atoms with Gasteiger partial charge in [-0.15, -0.1) is 0 Å². The molecular weight excluding hydrogens is 194 g/mol. The lowest BCUT2D eigenvalue weighted by atomic mass is 10.1. The van der Waals surface area contributed by atoms with Crippen LogP contribution < -0.4 is 5.73 Å². The first-order valence-electron chi connectivity index (χ1n) is 4.38. The van der Waals surface area contributed by atoms with Crippen LogP contribution in [0.2, 0.25) is 0 Å². The lowest BCUT2D eigenvalue weighted by Crippen LogP contribution is -2.24. The van der Waals surface area contributed by atoms with Gasteiger partial charge in [-0.3, -0.25) is 5.41 Å². The molecule has 0 spiro atoms. The van der Waals surface area contributed by atoms with E-state index in [2.05, 4.69) is 0 Å². The quantitative estimate of drug-likeness (QED) is 0.511. The van der Waals surface area contributed by atoms with Gasteiger partial charge in [-0.2, -0.15) is 0 Å². The summed E-state index contributed by atoms with van der Waals surface area (Å²) in [5.74, 6) is -0.0187. The fourth-order valence-corrected chi connectivity index (χ4v) is 1.18. The Morgan fingerprint density at radius 1 is 1.60 bits per heavy atom. The van der Waals surface area contributed by atoms with Crippen LogP contribution in [0.3, 0.4) is 0 Å². The van der Waals surface area contributed by atoms with E-state index in [0.717, 1.165) is 5.56 Å². The summed E-state index contributed by atoms with van der Waals surface area (Å²) in [6.45, 7) is 0.288. The van der Waals surface area contributed by atoms with Crippen molar-refractivity contribution in [1.29, 1.82) is 5.41 Å². The highest BCUT2D eigenvalue weighted by Gasteiger charge is 2.06. The summed E-state index contributed by atoms with van der Waals surface area (Å²) in [6, 6.07) is 6.97. The van der Waals surface area contributed by atoms with Gasteiger partial charge in [-0.25, -0.2) is 4.79 Å². The first-order valence-corrected chi connectivity index (χ1v) is 4.38. The number of amidine groups is 1. The van der Waals surface area contributed by atoms with Crippen molar-refractivity contribution in [2.75, 3.05) is 7.05 Å². The van der Waals surface area contributed by atoms with Crippen LogP contribution in [0.25, 0.3) is 0 Å². The molecule has 5 heteroatoms. The Labute approximate surface area is 87.6 Å². The van der Waals surface area contributed by atoms with Gasteiger partial charge in [0.2, 0.25) is 0 Å². The van der Waals surface area contributed by atoms with Crippen molar-refractivity contribution in [2.45, 2.75) is 6.54 Å². The van der Waals surface area contributed by atoms with Crippen LogP contribution in [-0.2, 0) is 6.54 Å². The molecule has 4 N–H and O–H groups in total. The highest BCUT2D eigenvalue weighted by molar-refractivity contribution is 5.95. The molecule has 0 unspecified atom stereocenters. The molecular formula is C10H13N3O2. The van der Waals surface area contributed by atoms with Gasteiger partial charge in [-0.05, 0) is 11.6 Å². The van der Waals surface area contributed by atoms with E-state index in [-0.39, 0.29) is 12.4 Å². The summed E-state index contributed by atoms with van der Waals surface area (Å²) in [4.78, 5) is 11.7. The average Bonchev–Trinajstić information content (AvgIpc) is 2.18. The van der Waals surface area contributed by atoms with E-state index in [9.17, 15) is 4.79 Å².